The highest BCUT2D eigenvalue weighted by molar-refractivity contribution is 5.51. The van der Waals surface area contributed by atoms with E-state index in [4.69, 9.17) is 0 Å². The number of fused-ring (bicyclic) bond motifs is 1. The first-order chi connectivity index (χ1) is 9.05. The van der Waals surface area contributed by atoms with Gasteiger partial charge in [0.25, 0.3) is 0 Å². The number of anilines is 1. The summed E-state index contributed by atoms with van der Waals surface area (Å²) in [5.74, 6) is 2.00. The van der Waals surface area contributed by atoms with Crippen molar-refractivity contribution in [3.05, 3.63) is 11.3 Å². The fourth-order valence-corrected chi connectivity index (χ4v) is 3.36. The van der Waals surface area contributed by atoms with Crippen LogP contribution in [0.25, 0.3) is 0 Å². The number of H-pyrrole nitrogens is 1. The van der Waals surface area contributed by atoms with Gasteiger partial charge in [-0.3, -0.25) is 5.10 Å². The summed E-state index contributed by atoms with van der Waals surface area (Å²) in [5.41, 5.74) is 3.28. The van der Waals surface area contributed by atoms with Crippen LogP contribution in [0, 0.1) is 11.3 Å². The van der Waals surface area contributed by atoms with Gasteiger partial charge in [-0.05, 0) is 30.6 Å². The van der Waals surface area contributed by atoms with Crippen LogP contribution in [0.3, 0.4) is 0 Å². The minimum absolute atomic E-state index is 0.398. The van der Waals surface area contributed by atoms with Crippen LogP contribution in [-0.2, 0) is 12.8 Å². The van der Waals surface area contributed by atoms with E-state index in [1.165, 1.54) is 29.9 Å². The molecule has 2 N–H and O–H groups in total. The Labute approximate surface area is 116 Å². The number of rotatable bonds is 1. The Morgan fingerprint density at radius 3 is 2.63 bits per heavy atom. The highest BCUT2D eigenvalue weighted by Gasteiger charge is 2.32. The lowest BCUT2D eigenvalue weighted by molar-refractivity contribution is 0.215. The molecule has 106 valence electrons. The van der Waals surface area contributed by atoms with Gasteiger partial charge in [-0.2, -0.15) is 5.10 Å². The third kappa shape index (κ3) is 2.50. The number of hydrogen-bond acceptors (Lipinski definition) is 3. The quantitative estimate of drug-likeness (QED) is 0.813. The number of nitrogens with one attached hydrogen (secondary N) is 2. The molecule has 1 aromatic heterocycles. The van der Waals surface area contributed by atoms with Crippen molar-refractivity contribution in [1.82, 2.24) is 15.5 Å². The molecule has 4 nitrogen and oxygen atoms in total. The topological polar surface area (TPSA) is 44.0 Å². The SMILES string of the molecule is CC(C)(C)C1CCc2[nH]nc(N3CCNCC3)c2C1. The lowest BCUT2D eigenvalue weighted by Gasteiger charge is -2.35. The Kier molecular flexibility index (Phi) is 3.29. The van der Waals surface area contributed by atoms with Gasteiger partial charge in [0, 0.05) is 37.4 Å². The van der Waals surface area contributed by atoms with Crippen molar-refractivity contribution in [3.8, 4) is 0 Å². The fourth-order valence-electron chi connectivity index (χ4n) is 3.36. The van der Waals surface area contributed by atoms with Crippen LogP contribution in [0.5, 0.6) is 0 Å². The number of aromatic nitrogens is 2. The van der Waals surface area contributed by atoms with E-state index in [0.29, 0.717) is 5.41 Å². The van der Waals surface area contributed by atoms with Crippen LogP contribution >= 0.6 is 0 Å². The Bertz CT molecular complexity index is 437. The van der Waals surface area contributed by atoms with Gasteiger partial charge in [0.1, 0.15) is 0 Å². The van der Waals surface area contributed by atoms with Gasteiger partial charge < -0.3 is 10.2 Å². The predicted octanol–water partition coefficient (Wildman–Crippen LogP) is 1.97. The normalized spacial score (nSPS) is 24.4. The third-order valence-electron chi connectivity index (χ3n) is 4.77. The zero-order valence-electron chi connectivity index (χ0n) is 12.4. The maximum absolute atomic E-state index is 4.61. The van der Waals surface area contributed by atoms with Crippen molar-refractivity contribution in [2.75, 3.05) is 31.1 Å². The van der Waals surface area contributed by atoms with Crippen molar-refractivity contribution >= 4 is 5.82 Å². The van der Waals surface area contributed by atoms with E-state index in [-0.39, 0.29) is 0 Å². The van der Waals surface area contributed by atoms with Gasteiger partial charge in [-0.15, -0.1) is 0 Å². The van der Waals surface area contributed by atoms with Crippen LogP contribution in [0.15, 0.2) is 0 Å². The number of nitrogens with zero attached hydrogens (tertiary/aromatic N) is 2. The predicted molar refractivity (Wildman–Crippen MR) is 78.6 cm³/mol. The molecular formula is C15H26N4. The van der Waals surface area contributed by atoms with Gasteiger partial charge in [0.15, 0.2) is 5.82 Å². The summed E-state index contributed by atoms with van der Waals surface area (Å²) in [7, 11) is 0. The number of aryl methyl sites for hydroxylation is 1. The maximum Gasteiger partial charge on any atom is 0.153 e. The Balaban J connectivity index is 1.84. The second-order valence-corrected chi connectivity index (χ2v) is 7.05. The summed E-state index contributed by atoms with van der Waals surface area (Å²) in [5, 5.41) is 11.3. The molecule has 2 heterocycles. The van der Waals surface area contributed by atoms with E-state index in [1.807, 2.05) is 0 Å². The van der Waals surface area contributed by atoms with Gasteiger partial charge in [-0.1, -0.05) is 20.8 Å². The van der Waals surface area contributed by atoms with Gasteiger partial charge in [0.05, 0.1) is 0 Å². The van der Waals surface area contributed by atoms with E-state index < -0.39 is 0 Å². The van der Waals surface area contributed by atoms with Crippen LogP contribution in [0.2, 0.25) is 0 Å². The molecule has 1 atom stereocenters. The van der Waals surface area contributed by atoms with Gasteiger partial charge >= 0.3 is 0 Å². The molecule has 0 spiro atoms. The molecule has 0 saturated carbocycles. The minimum Gasteiger partial charge on any atom is -0.352 e. The van der Waals surface area contributed by atoms with Crippen LogP contribution in [0.1, 0.15) is 38.4 Å². The molecular weight excluding hydrogens is 236 g/mol. The summed E-state index contributed by atoms with van der Waals surface area (Å²) in [6, 6.07) is 0. The first-order valence-corrected chi connectivity index (χ1v) is 7.57. The van der Waals surface area contributed by atoms with E-state index in [0.717, 1.165) is 38.5 Å². The number of aromatic amines is 1. The lowest BCUT2D eigenvalue weighted by atomic mass is 9.72. The average molecular weight is 262 g/mol. The Hall–Kier alpha value is -1.03. The summed E-state index contributed by atoms with van der Waals surface area (Å²) in [6.45, 7) is 11.4. The molecule has 0 radical (unpaired) electrons. The first-order valence-electron chi connectivity index (χ1n) is 7.57. The van der Waals surface area contributed by atoms with Crippen LogP contribution in [0.4, 0.5) is 5.82 Å². The largest absolute Gasteiger partial charge is 0.352 e. The molecule has 1 fully saturated rings. The zero-order valence-corrected chi connectivity index (χ0v) is 12.4. The molecule has 0 amide bonds. The van der Waals surface area contributed by atoms with Gasteiger partial charge in [0.2, 0.25) is 0 Å². The molecule has 0 bridgehead atoms. The molecule has 1 unspecified atom stereocenters. The summed E-state index contributed by atoms with van der Waals surface area (Å²) >= 11 is 0. The first kappa shape index (κ1) is 13.0. The molecule has 1 aliphatic heterocycles. The van der Waals surface area contributed by atoms with Crippen molar-refractivity contribution in [3.63, 3.8) is 0 Å². The maximum atomic E-state index is 4.61. The second-order valence-electron chi connectivity index (χ2n) is 7.05. The van der Waals surface area contributed by atoms with E-state index in [2.05, 4.69) is 41.2 Å². The van der Waals surface area contributed by atoms with Crippen LogP contribution in [-0.4, -0.2) is 36.4 Å². The summed E-state index contributed by atoms with van der Waals surface area (Å²) < 4.78 is 0. The number of piperazine rings is 1. The highest BCUT2D eigenvalue weighted by Crippen LogP contribution is 2.39. The molecule has 1 aliphatic carbocycles. The van der Waals surface area contributed by atoms with Crippen molar-refractivity contribution in [2.24, 2.45) is 11.3 Å². The van der Waals surface area contributed by atoms with Gasteiger partial charge in [-0.25, -0.2) is 0 Å². The third-order valence-corrected chi connectivity index (χ3v) is 4.77. The lowest BCUT2D eigenvalue weighted by Crippen LogP contribution is -2.44. The summed E-state index contributed by atoms with van der Waals surface area (Å²) in [6.07, 6.45) is 3.64. The fraction of sp³-hybridized carbons (Fsp3) is 0.800. The monoisotopic (exact) mass is 262 g/mol. The average Bonchev–Trinajstić information content (AvgIpc) is 2.81. The minimum atomic E-state index is 0.398. The smallest absolute Gasteiger partial charge is 0.153 e. The standard InChI is InChI=1S/C15H26N4/c1-15(2,3)11-4-5-13-12(10-11)14(18-17-13)19-8-6-16-7-9-19/h11,16H,4-10H2,1-3H3,(H,17,18). The van der Waals surface area contributed by atoms with Crippen molar-refractivity contribution in [2.45, 2.75) is 40.0 Å². The Morgan fingerprint density at radius 1 is 1.21 bits per heavy atom. The molecule has 4 heteroatoms. The molecule has 1 saturated heterocycles. The number of hydrogen-bond donors (Lipinski definition) is 2. The highest BCUT2D eigenvalue weighted by atomic mass is 15.3. The van der Waals surface area contributed by atoms with Crippen LogP contribution < -0.4 is 10.2 Å². The van der Waals surface area contributed by atoms with E-state index in [1.54, 1.807) is 0 Å². The molecule has 2 aliphatic rings. The Morgan fingerprint density at radius 2 is 1.95 bits per heavy atom. The van der Waals surface area contributed by atoms with E-state index >= 15 is 0 Å². The molecule has 0 aromatic carbocycles. The zero-order chi connectivity index (χ0) is 13.5. The van der Waals surface area contributed by atoms with Crippen molar-refractivity contribution in [1.29, 1.82) is 0 Å². The van der Waals surface area contributed by atoms with Crippen molar-refractivity contribution < 1.29 is 0 Å². The summed E-state index contributed by atoms with van der Waals surface area (Å²) in [4.78, 5) is 2.44. The molecule has 3 rings (SSSR count). The molecule has 19 heavy (non-hydrogen) atoms. The van der Waals surface area contributed by atoms with E-state index in [9.17, 15) is 0 Å². The molecule has 1 aromatic rings. The second kappa shape index (κ2) is 4.82.